The minimum Gasteiger partial charge on any atom is -0.354 e. The number of aromatic nitrogens is 2. The standard InChI is InChI=1S/C23H23F3N4O/c1-14-7-5-8-15(2)19(14)29-22(31)16-9-6-12-30(13-16)21-20(23(24,25)26)27-17-10-3-4-11-18(17)28-21/h3-5,7-8,10-11,16H,6,9,12-13H2,1-2H3,(H,29,31)/t16-/m0/s1. The van der Waals surface area contributed by atoms with E-state index >= 15 is 0 Å². The average molecular weight is 428 g/mol. The van der Waals surface area contributed by atoms with Crippen molar-refractivity contribution in [1.82, 2.24) is 9.97 Å². The van der Waals surface area contributed by atoms with Crippen molar-refractivity contribution >= 4 is 28.4 Å². The Labute approximate surface area is 178 Å². The number of amides is 1. The van der Waals surface area contributed by atoms with Gasteiger partial charge < -0.3 is 10.2 Å². The van der Waals surface area contributed by atoms with E-state index in [4.69, 9.17) is 0 Å². The Morgan fingerprint density at radius 3 is 2.32 bits per heavy atom. The van der Waals surface area contributed by atoms with Gasteiger partial charge >= 0.3 is 6.18 Å². The van der Waals surface area contributed by atoms with E-state index in [0.29, 0.717) is 24.9 Å². The van der Waals surface area contributed by atoms with Gasteiger partial charge in [0.2, 0.25) is 5.91 Å². The maximum Gasteiger partial charge on any atom is 0.437 e. The molecule has 0 unspecified atom stereocenters. The van der Waals surface area contributed by atoms with Gasteiger partial charge in [-0.3, -0.25) is 4.79 Å². The predicted octanol–water partition coefficient (Wildman–Crippen LogP) is 5.12. The number of rotatable bonds is 3. The van der Waals surface area contributed by atoms with Crippen LogP contribution in [0.2, 0.25) is 0 Å². The smallest absolute Gasteiger partial charge is 0.354 e. The van der Waals surface area contributed by atoms with E-state index in [0.717, 1.165) is 16.8 Å². The third-order valence-electron chi connectivity index (χ3n) is 5.64. The number of aryl methyl sites for hydroxylation is 2. The molecule has 0 bridgehead atoms. The summed E-state index contributed by atoms with van der Waals surface area (Å²) < 4.78 is 41.3. The number of nitrogens with one attached hydrogen (secondary N) is 1. The number of piperidine rings is 1. The number of nitrogens with zero attached hydrogens (tertiary/aromatic N) is 3. The van der Waals surface area contributed by atoms with Gasteiger partial charge in [0, 0.05) is 18.8 Å². The van der Waals surface area contributed by atoms with Crippen molar-refractivity contribution in [3.63, 3.8) is 0 Å². The highest BCUT2D eigenvalue weighted by molar-refractivity contribution is 5.94. The Bertz CT molecular complexity index is 1110. The summed E-state index contributed by atoms with van der Waals surface area (Å²) in [4.78, 5) is 22.6. The Morgan fingerprint density at radius 2 is 1.68 bits per heavy atom. The molecule has 162 valence electrons. The Kier molecular flexibility index (Phi) is 5.56. The van der Waals surface area contributed by atoms with E-state index in [1.807, 2.05) is 32.0 Å². The van der Waals surface area contributed by atoms with Crippen molar-refractivity contribution in [2.75, 3.05) is 23.3 Å². The summed E-state index contributed by atoms with van der Waals surface area (Å²) in [5, 5.41) is 2.97. The Balaban J connectivity index is 1.62. The van der Waals surface area contributed by atoms with Crippen molar-refractivity contribution in [3.8, 4) is 0 Å². The molecule has 1 amide bonds. The third-order valence-corrected chi connectivity index (χ3v) is 5.64. The minimum absolute atomic E-state index is 0.160. The first-order valence-electron chi connectivity index (χ1n) is 10.2. The van der Waals surface area contributed by atoms with Gasteiger partial charge in [0.25, 0.3) is 0 Å². The molecule has 0 saturated carbocycles. The van der Waals surface area contributed by atoms with Gasteiger partial charge in [-0.1, -0.05) is 30.3 Å². The number of hydrogen-bond acceptors (Lipinski definition) is 4. The number of carbonyl (C=O) groups excluding carboxylic acids is 1. The van der Waals surface area contributed by atoms with Crippen LogP contribution in [0.1, 0.15) is 29.7 Å². The summed E-state index contributed by atoms with van der Waals surface area (Å²) in [5.74, 6) is -0.845. The Morgan fingerprint density at radius 1 is 1.03 bits per heavy atom. The van der Waals surface area contributed by atoms with Crippen LogP contribution in [0.3, 0.4) is 0 Å². The van der Waals surface area contributed by atoms with Crippen LogP contribution in [0, 0.1) is 19.8 Å². The molecule has 3 aromatic rings. The number of alkyl halides is 3. The fourth-order valence-corrected chi connectivity index (χ4v) is 4.02. The van der Waals surface area contributed by atoms with Crippen molar-refractivity contribution in [3.05, 3.63) is 59.3 Å². The fraction of sp³-hybridized carbons (Fsp3) is 0.348. The van der Waals surface area contributed by atoms with Crippen LogP contribution < -0.4 is 10.2 Å². The lowest BCUT2D eigenvalue weighted by molar-refractivity contribution is -0.140. The van der Waals surface area contributed by atoms with E-state index < -0.39 is 17.8 Å². The first-order valence-corrected chi connectivity index (χ1v) is 10.2. The molecule has 4 rings (SSSR count). The molecule has 2 aromatic carbocycles. The zero-order valence-corrected chi connectivity index (χ0v) is 17.3. The maximum absolute atomic E-state index is 13.8. The van der Waals surface area contributed by atoms with Crippen molar-refractivity contribution < 1.29 is 18.0 Å². The van der Waals surface area contributed by atoms with Crippen molar-refractivity contribution in [2.45, 2.75) is 32.9 Å². The highest BCUT2D eigenvalue weighted by Gasteiger charge is 2.40. The average Bonchev–Trinajstić information content (AvgIpc) is 2.75. The number of hydrogen-bond donors (Lipinski definition) is 1. The first kappa shape index (κ1) is 21.1. The van der Waals surface area contributed by atoms with E-state index in [9.17, 15) is 18.0 Å². The van der Waals surface area contributed by atoms with Crippen LogP contribution in [-0.4, -0.2) is 29.0 Å². The van der Waals surface area contributed by atoms with E-state index in [1.54, 1.807) is 23.1 Å². The number of fused-ring (bicyclic) bond motifs is 1. The molecule has 0 aliphatic carbocycles. The van der Waals surface area contributed by atoms with Gasteiger partial charge in [-0.25, -0.2) is 9.97 Å². The van der Waals surface area contributed by atoms with E-state index in [1.165, 1.54) is 6.07 Å². The SMILES string of the molecule is Cc1cccc(C)c1NC(=O)[C@H]1CCCN(c2nc3ccccc3nc2C(F)(F)F)C1. The van der Waals surface area contributed by atoms with Gasteiger partial charge in [-0.2, -0.15) is 13.2 Å². The first-order chi connectivity index (χ1) is 14.7. The largest absolute Gasteiger partial charge is 0.437 e. The third kappa shape index (κ3) is 4.33. The lowest BCUT2D eigenvalue weighted by atomic mass is 9.96. The van der Waals surface area contributed by atoms with Crippen molar-refractivity contribution in [1.29, 1.82) is 0 Å². The highest BCUT2D eigenvalue weighted by Crippen LogP contribution is 2.37. The van der Waals surface area contributed by atoms with Gasteiger partial charge in [0.15, 0.2) is 11.5 Å². The molecule has 1 atom stereocenters. The summed E-state index contributed by atoms with van der Waals surface area (Å²) in [6, 6.07) is 12.2. The molecule has 1 fully saturated rings. The minimum atomic E-state index is -4.64. The molecular weight excluding hydrogens is 405 g/mol. The monoisotopic (exact) mass is 428 g/mol. The zero-order valence-electron chi connectivity index (χ0n) is 17.3. The van der Waals surface area contributed by atoms with Crippen LogP contribution in [0.15, 0.2) is 42.5 Å². The molecule has 1 aliphatic heterocycles. The summed E-state index contributed by atoms with van der Waals surface area (Å²) in [7, 11) is 0. The van der Waals surface area contributed by atoms with Gasteiger partial charge in [-0.05, 0) is 49.9 Å². The molecular formula is C23H23F3N4O. The van der Waals surface area contributed by atoms with Crippen LogP contribution in [0.25, 0.3) is 11.0 Å². The molecule has 5 nitrogen and oxygen atoms in total. The number of carbonyl (C=O) groups is 1. The van der Waals surface area contributed by atoms with E-state index in [2.05, 4.69) is 15.3 Å². The van der Waals surface area contributed by atoms with Gasteiger partial charge in [-0.15, -0.1) is 0 Å². The topological polar surface area (TPSA) is 58.1 Å². The molecule has 1 aliphatic rings. The quantitative estimate of drug-likeness (QED) is 0.629. The molecule has 1 aromatic heterocycles. The lowest BCUT2D eigenvalue weighted by Crippen LogP contribution is -2.42. The second kappa shape index (κ2) is 8.17. The van der Waals surface area contributed by atoms with Crippen LogP contribution in [0.5, 0.6) is 0 Å². The van der Waals surface area contributed by atoms with Crippen LogP contribution >= 0.6 is 0 Å². The van der Waals surface area contributed by atoms with Crippen LogP contribution in [-0.2, 0) is 11.0 Å². The fourth-order valence-electron chi connectivity index (χ4n) is 4.02. The highest BCUT2D eigenvalue weighted by atomic mass is 19.4. The molecule has 2 heterocycles. The lowest BCUT2D eigenvalue weighted by Gasteiger charge is -2.34. The molecule has 1 N–H and O–H groups in total. The Hall–Kier alpha value is -3.16. The predicted molar refractivity (Wildman–Crippen MR) is 114 cm³/mol. The van der Waals surface area contributed by atoms with Crippen LogP contribution in [0.4, 0.5) is 24.7 Å². The summed E-state index contributed by atoms with van der Waals surface area (Å²) >= 11 is 0. The van der Waals surface area contributed by atoms with Gasteiger partial charge in [0.05, 0.1) is 17.0 Å². The second-order valence-corrected chi connectivity index (χ2v) is 7.92. The molecule has 1 saturated heterocycles. The second-order valence-electron chi connectivity index (χ2n) is 7.92. The molecule has 0 spiro atoms. The number of anilines is 2. The van der Waals surface area contributed by atoms with Crippen molar-refractivity contribution in [2.24, 2.45) is 5.92 Å². The zero-order chi connectivity index (χ0) is 22.2. The summed E-state index contributed by atoms with van der Waals surface area (Å²) in [6.07, 6.45) is -3.44. The number of benzene rings is 2. The summed E-state index contributed by atoms with van der Waals surface area (Å²) in [6.45, 7) is 4.38. The van der Waals surface area contributed by atoms with Gasteiger partial charge in [0.1, 0.15) is 0 Å². The molecule has 8 heteroatoms. The normalized spacial score (nSPS) is 17.1. The number of para-hydroxylation sites is 3. The summed E-state index contributed by atoms with van der Waals surface area (Å²) in [5.41, 5.74) is 2.22. The number of halogens is 3. The molecule has 31 heavy (non-hydrogen) atoms. The van der Waals surface area contributed by atoms with E-state index in [-0.39, 0.29) is 23.8 Å². The maximum atomic E-state index is 13.8. The molecule has 0 radical (unpaired) electrons.